The van der Waals surface area contributed by atoms with Crippen LogP contribution in [0.3, 0.4) is 0 Å². The second-order valence-corrected chi connectivity index (χ2v) is 7.23. The Morgan fingerprint density at radius 3 is 2.72 bits per heavy atom. The number of amides is 2. The van der Waals surface area contributed by atoms with Crippen molar-refractivity contribution in [2.24, 2.45) is 0 Å². The van der Waals surface area contributed by atoms with Crippen LogP contribution in [0.5, 0.6) is 0 Å². The zero-order chi connectivity index (χ0) is 20.6. The molecule has 0 atom stereocenters. The highest BCUT2D eigenvalue weighted by Crippen LogP contribution is 2.17. The number of hydrogen-bond donors (Lipinski definition) is 1. The maximum atomic E-state index is 13.0. The number of nitrogens with zero attached hydrogens (tertiary/aromatic N) is 2. The Morgan fingerprint density at radius 2 is 1.97 bits per heavy atom. The molecule has 0 bridgehead atoms. The second-order valence-electron chi connectivity index (χ2n) is 7.23. The molecule has 0 aliphatic carbocycles. The first-order chi connectivity index (χ1) is 14.1. The van der Waals surface area contributed by atoms with E-state index in [0.717, 1.165) is 29.9 Å². The normalized spacial score (nSPS) is 10.6. The molecule has 0 radical (unpaired) electrons. The first-order valence-corrected chi connectivity index (χ1v) is 10.0. The number of carbonyl (C=O) groups excluding carboxylic acids is 1. The van der Waals surface area contributed by atoms with Crippen molar-refractivity contribution in [1.82, 2.24) is 9.47 Å². The fourth-order valence-electron chi connectivity index (χ4n) is 3.47. The van der Waals surface area contributed by atoms with Crippen LogP contribution >= 0.6 is 0 Å². The third-order valence-electron chi connectivity index (χ3n) is 4.99. The summed E-state index contributed by atoms with van der Waals surface area (Å²) >= 11 is 0. The lowest BCUT2D eigenvalue weighted by Crippen LogP contribution is -2.35. The van der Waals surface area contributed by atoms with Crippen LogP contribution in [0.4, 0.5) is 10.5 Å². The summed E-state index contributed by atoms with van der Waals surface area (Å²) in [5.41, 5.74) is 5.58. The Labute approximate surface area is 173 Å². The third kappa shape index (κ3) is 5.38. The van der Waals surface area contributed by atoms with Gasteiger partial charge >= 0.3 is 6.03 Å². The molecule has 0 unspecified atom stereocenters. The van der Waals surface area contributed by atoms with Crippen molar-refractivity contribution < 1.29 is 4.79 Å². The average Bonchev–Trinajstić information content (AvgIpc) is 3.14. The molecule has 0 saturated carbocycles. The highest BCUT2D eigenvalue weighted by atomic mass is 16.2. The van der Waals surface area contributed by atoms with Crippen LogP contribution in [0.1, 0.15) is 29.3 Å². The van der Waals surface area contributed by atoms with Gasteiger partial charge in [-0.15, -0.1) is 6.58 Å². The van der Waals surface area contributed by atoms with Crippen LogP contribution < -0.4 is 5.32 Å². The van der Waals surface area contributed by atoms with Gasteiger partial charge in [0.25, 0.3) is 0 Å². The number of hydrogen-bond acceptors (Lipinski definition) is 1. The summed E-state index contributed by atoms with van der Waals surface area (Å²) in [7, 11) is 0. The quantitative estimate of drug-likeness (QED) is 0.500. The van der Waals surface area contributed by atoms with Crippen molar-refractivity contribution in [3.8, 4) is 0 Å². The maximum Gasteiger partial charge on any atom is 0.322 e. The molecule has 29 heavy (non-hydrogen) atoms. The molecule has 0 saturated heterocycles. The largest absolute Gasteiger partial charge is 0.345 e. The van der Waals surface area contributed by atoms with Gasteiger partial charge in [0.2, 0.25) is 0 Å². The predicted octanol–water partition coefficient (Wildman–Crippen LogP) is 5.63. The Bertz CT molecular complexity index is 973. The second kappa shape index (κ2) is 9.78. The average molecular weight is 388 g/mol. The number of aromatic nitrogens is 1. The van der Waals surface area contributed by atoms with E-state index in [1.807, 2.05) is 30.3 Å². The molecule has 1 aromatic heterocycles. The fraction of sp³-hybridized carbons (Fsp3) is 0.240. The van der Waals surface area contributed by atoms with Crippen LogP contribution in [-0.4, -0.2) is 22.0 Å². The molecule has 0 spiro atoms. The van der Waals surface area contributed by atoms with E-state index in [4.69, 9.17) is 0 Å². The molecule has 1 heterocycles. The summed E-state index contributed by atoms with van der Waals surface area (Å²) in [6, 6.07) is 20.4. The van der Waals surface area contributed by atoms with E-state index >= 15 is 0 Å². The van der Waals surface area contributed by atoms with Gasteiger partial charge in [0.15, 0.2) is 0 Å². The van der Waals surface area contributed by atoms with E-state index in [1.54, 1.807) is 11.0 Å². The van der Waals surface area contributed by atoms with E-state index in [0.29, 0.717) is 13.1 Å². The minimum atomic E-state index is -0.117. The minimum Gasteiger partial charge on any atom is -0.345 e. The summed E-state index contributed by atoms with van der Waals surface area (Å²) < 4.78 is 2.19. The Hall–Kier alpha value is -3.27. The smallest absolute Gasteiger partial charge is 0.322 e. The monoisotopic (exact) mass is 387 g/mol. The predicted molar refractivity (Wildman–Crippen MR) is 120 cm³/mol. The van der Waals surface area contributed by atoms with Crippen molar-refractivity contribution >= 4 is 11.7 Å². The molecule has 3 rings (SSSR count). The standard InChI is InChI=1S/C25H29N3O/c1-4-15-28(25(29)26-24-14-7-6-12-22(24)5-2)19-23-13-9-16-27(23)18-21-11-8-10-20(3)17-21/h4,6-14,16-17H,1,5,15,18-19H2,2-3H3,(H,26,29). The van der Waals surface area contributed by atoms with Crippen LogP contribution in [0, 0.1) is 6.92 Å². The highest BCUT2D eigenvalue weighted by Gasteiger charge is 2.16. The first-order valence-electron chi connectivity index (χ1n) is 10.0. The van der Waals surface area contributed by atoms with Crippen LogP contribution in [-0.2, 0) is 19.5 Å². The molecule has 3 aromatic rings. The topological polar surface area (TPSA) is 37.3 Å². The first kappa shape index (κ1) is 20.5. The molecule has 150 valence electrons. The Balaban J connectivity index is 1.75. The molecular weight excluding hydrogens is 358 g/mol. The Morgan fingerprint density at radius 1 is 1.14 bits per heavy atom. The van der Waals surface area contributed by atoms with Crippen LogP contribution in [0.25, 0.3) is 0 Å². The lowest BCUT2D eigenvalue weighted by atomic mass is 10.1. The van der Waals surface area contributed by atoms with Crippen LogP contribution in [0.2, 0.25) is 0 Å². The number of aryl methyl sites for hydroxylation is 2. The van der Waals surface area contributed by atoms with Gasteiger partial charge < -0.3 is 14.8 Å². The lowest BCUT2D eigenvalue weighted by molar-refractivity contribution is 0.214. The number of nitrogens with one attached hydrogen (secondary N) is 1. The molecule has 2 amide bonds. The summed E-state index contributed by atoms with van der Waals surface area (Å²) in [6.45, 7) is 9.80. The summed E-state index contributed by atoms with van der Waals surface area (Å²) in [5, 5.41) is 3.07. The van der Waals surface area contributed by atoms with Crippen LogP contribution in [0.15, 0.2) is 79.5 Å². The van der Waals surface area contributed by atoms with Crippen molar-refractivity contribution in [2.75, 3.05) is 11.9 Å². The van der Waals surface area contributed by atoms with Gasteiger partial charge in [-0.05, 0) is 42.7 Å². The number of anilines is 1. The SMILES string of the molecule is C=CCN(Cc1cccn1Cc1cccc(C)c1)C(=O)Nc1ccccc1CC. The summed E-state index contributed by atoms with van der Waals surface area (Å²) in [5.74, 6) is 0. The zero-order valence-corrected chi connectivity index (χ0v) is 17.3. The van der Waals surface area contributed by atoms with Gasteiger partial charge in [-0.1, -0.05) is 61.0 Å². The number of benzene rings is 2. The lowest BCUT2D eigenvalue weighted by Gasteiger charge is -2.23. The molecule has 2 aromatic carbocycles. The van der Waals surface area contributed by atoms with Gasteiger partial charge in [-0.2, -0.15) is 0 Å². The number of urea groups is 1. The molecule has 0 fully saturated rings. The van der Waals surface area contributed by atoms with E-state index in [-0.39, 0.29) is 6.03 Å². The van der Waals surface area contributed by atoms with Gasteiger partial charge in [-0.3, -0.25) is 0 Å². The summed E-state index contributed by atoms with van der Waals surface area (Å²) in [4.78, 5) is 14.7. The molecule has 1 N–H and O–H groups in total. The highest BCUT2D eigenvalue weighted by molar-refractivity contribution is 5.90. The molecule has 4 heteroatoms. The minimum absolute atomic E-state index is 0.117. The zero-order valence-electron chi connectivity index (χ0n) is 17.3. The maximum absolute atomic E-state index is 13.0. The summed E-state index contributed by atoms with van der Waals surface area (Å²) in [6.07, 6.45) is 4.70. The fourth-order valence-corrected chi connectivity index (χ4v) is 3.47. The number of para-hydroxylation sites is 1. The molecule has 0 aliphatic rings. The van der Waals surface area contributed by atoms with Crippen molar-refractivity contribution in [3.63, 3.8) is 0 Å². The van der Waals surface area contributed by atoms with E-state index < -0.39 is 0 Å². The van der Waals surface area contributed by atoms with E-state index in [9.17, 15) is 4.79 Å². The molecule has 4 nitrogen and oxygen atoms in total. The molecule has 0 aliphatic heterocycles. The van der Waals surface area contributed by atoms with Gasteiger partial charge in [0, 0.05) is 30.7 Å². The van der Waals surface area contributed by atoms with Crippen molar-refractivity contribution in [1.29, 1.82) is 0 Å². The third-order valence-corrected chi connectivity index (χ3v) is 4.99. The molecular formula is C25H29N3O. The van der Waals surface area contributed by atoms with E-state index in [2.05, 4.69) is 66.8 Å². The van der Waals surface area contributed by atoms with E-state index in [1.165, 1.54) is 11.1 Å². The number of carbonyl (C=O) groups is 1. The number of rotatable bonds is 8. The van der Waals surface area contributed by atoms with Gasteiger partial charge in [0.1, 0.15) is 0 Å². The van der Waals surface area contributed by atoms with Gasteiger partial charge in [-0.25, -0.2) is 4.79 Å². The van der Waals surface area contributed by atoms with Crippen molar-refractivity contribution in [3.05, 3.63) is 102 Å². The Kier molecular flexibility index (Phi) is 6.90. The van der Waals surface area contributed by atoms with Crippen molar-refractivity contribution in [2.45, 2.75) is 33.4 Å². The van der Waals surface area contributed by atoms with Gasteiger partial charge in [0.05, 0.1) is 6.54 Å².